The van der Waals surface area contributed by atoms with E-state index < -0.39 is 11.4 Å². The molecule has 0 aromatic rings. The van der Waals surface area contributed by atoms with E-state index in [0.717, 1.165) is 25.7 Å². The molecule has 0 saturated heterocycles. The molecule has 2 saturated carbocycles. The third-order valence-electron chi connectivity index (χ3n) is 5.25. The highest BCUT2D eigenvalue weighted by Gasteiger charge is 2.60. The third kappa shape index (κ3) is 2.19. The Morgan fingerprint density at radius 2 is 1.80 bits per heavy atom. The van der Waals surface area contributed by atoms with Crippen molar-refractivity contribution < 1.29 is 19.1 Å². The molecule has 0 aromatic carbocycles. The Morgan fingerprint density at radius 1 is 1.15 bits per heavy atom. The van der Waals surface area contributed by atoms with Gasteiger partial charge in [0, 0.05) is 18.8 Å². The minimum Gasteiger partial charge on any atom is -0.468 e. The molecule has 4 atom stereocenters. The van der Waals surface area contributed by atoms with Gasteiger partial charge in [-0.3, -0.25) is 14.4 Å². The summed E-state index contributed by atoms with van der Waals surface area (Å²) in [6.07, 6.45) is 4.21. The number of carbonyl (C=O) groups is 3. The predicted octanol–water partition coefficient (Wildman–Crippen LogP) is 2.54. The number of ether oxygens (including phenoxy) is 1. The molecule has 4 nitrogen and oxygen atoms in total. The molecule has 0 amide bonds. The molecule has 2 aliphatic carbocycles. The zero-order valence-electron chi connectivity index (χ0n) is 12.6. The quantitative estimate of drug-likeness (QED) is 0.547. The van der Waals surface area contributed by atoms with Crippen molar-refractivity contribution >= 4 is 17.5 Å². The summed E-state index contributed by atoms with van der Waals surface area (Å²) in [6.45, 7) is 3.76. The van der Waals surface area contributed by atoms with Crippen LogP contribution in [-0.4, -0.2) is 24.6 Å². The number of esters is 1. The summed E-state index contributed by atoms with van der Waals surface area (Å²) in [5.41, 5.74) is -1.09. The lowest BCUT2D eigenvalue weighted by atomic mass is 9.54. The highest BCUT2D eigenvalue weighted by Crippen LogP contribution is 2.50. The Hall–Kier alpha value is -1.19. The van der Waals surface area contributed by atoms with Gasteiger partial charge >= 0.3 is 5.97 Å². The molecule has 0 N–H and O–H groups in total. The van der Waals surface area contributed by atoms with Gasteiger partial charge in [-0.1, -0.05) is 26.7 Å². The molecule has 0 unspecified atom stereocenters. The van der Waals surface area contributed by atoms with Gasteiger partial charge in [0.15, 0.2) is 5.78 Å². The lowest BCUT2D eigenvalue weighted by Gasteiger charge is -2.46. The summed E-state index contributed by atoms with van der Waals surface area (Å²) in [6, 6.07) is 0. The van der Waals surface area contributed by atoms with Crippen molar-refractivity contribution in [2.45, 2.75) is 52.4 Å². The van der Waals surface area contributed by atoms with Crippen LogP contribution < -0.4 is 0 Å². The number of ketones is 2. The van der Waals surface area contributed by atoms with Gasteiger partial charge in [0.05, 0.1) is 7.11 Å². The maximum Gasteiger partial charge on any atom is 0.319 e. The number of rotatable bonds is 1. The van der Waals surface area contributed by atoms with E-state index in [9.17, 15) is 14.4 Å². The van der Waals surface area contributed by atoms with Crippen LogP contribution in [0.25, 0.3) is 0 Å². The van der Waals surface area contributed by atoms with E-state index in [4.69, 9.17) is 4.74 Å². The van der Waals surface area contributed by atoms with Gasteiger partial charge in [-0.15, -0.1) is 0 Å². The van der Waals surface area contributed by atoms with E-state index in [-0.39, 0.29) is 29.3 Å². The van der Waals surface area contributed by atoms with Crippen LogP contribution in [0.2, 0.25) is 0 Å². The second-order valence-corrected chi connectivity index (χ2v) is 6.46. The fourth-order valence-electron chi connectivity index (χ4n) is 4.22. The molecule has 2 fully saturated rings. The van der Waals surface area contributed by atoms with E-state index in [0.29, 0.717) is 12.8 Å². The lowest BCUT2D eigenvalue weighted by Crippen LogP contribution is -2.56. The van der Waals surface area contributed by atoms with Gasteiger partial charge in [-0.2, -0.15) is 0 Å². The Morgan fingerprint density at radius 3 is 2.45 bits per heavy atom. The minimum atomic E-state index is -1.09. The third-order valence-corrected chi connectivity index (χ3v) is 5.25. The number of carbonyl (C=O) groups excluding carboxylic acids is 3. The molecule has 0 aromatic heterocycles. The standard InChI is InChI=1S/C16H24O4/c1-10-6-4-5-7-12-9-13(17)8-11(2)16(12,14(10)18)15(19)20-3/h10-12H,4-9H2,1-3H3/t10-,11+,12+,16+/m1/s1. The van der Waals surface area contributed by atoms with Crippen molar-refractivity contribution in [2.75, 3.05) is 7.11 Å². The lowest BCUT2D eigenvalue weighted by molar-refractivity contribution is -0.173. The topological polar surface area (TPSA) is 60.4 Å². The Kier molecular flexibility index (Phi) is 4.31. The van der Waals surface area contributed by atoms with Crippen molar-refractivity contribution in [1.29, 1.82) is 0 Å². The van der Waals surface area contributed by atoms with Crippen molar-refractivity contribution in [3.05, 3.63) is 0 Å². The summed E-state index contributed by atoms with van der Waals surface area (Å²) in [5, 5.41) is 0. The van der Waals surface area contributed by atoms with Crippen LogP contribution in [0.15, 0.2) is 0 Å². The van der Waals surface area contributed by atoms with Crippen molar-refractivity contribution in [2.24, 2.45) is 23.2 Å². The minimum absolute atomic E-state index is 0.00551. The zero-order chi connectivity index (χ0) is 14.9. The van der Waals surface area contributed by atoms with Crippen molar-refractivity contribution in [1.82, 2.24) is 0 Å². The van der Waals surface area contributed by atoms with E-state index in [2.05, 4.69) is 0 Å². The van der Waals surface area contributed by atoms with Gasteiger partial charge < -0.3 is 4.74 Å². The average molecular weight is 280 g/mol. The monoisotopic (exact) mass is 280 g/mol. The van der Waals surface area contributed by atoms with Crippen LogP contribution in [0.3, 0.4) is 0 Å². The molecule has 0 radical (unpaired) electrons. The first-order valence-corrected chi connectivity index (χ1v) is 7.59. The summed E-state index contributed by atoms with van der Waals surface area (Å²) in [5.74, 6) is -0.832. The number of hydrogen-bond donors (Lipinski definition) is 0. The molecule has 0 spiro atoms. The predicted molar refractivity (Wildman–Crippen MR) is 74.0 cm³/mol. The maximum atomic E-state index is 13.0. The molecule has 0 bridgehead atoms. The normalized spacial score (nSPS) is 38.6. The highest BCUT2D eigenvalue weighted by molar-refractivity contribution is 6.07. The second-order valence-electron chi connectivity index (χ2n) is 6.46. The van der Waals surface area contributed by atoms with Gasteiger partial charge in [0.1, 0.15) is 11.2 Å². The van der Waals surface area contributed by atoms with Crippen LogP contribution in [0, 0.1) is 23.2 Å². The maximum absolute atomic E-state index is 13.0. The Bertz CT molecular complexity index is 428. The van der Waals surface area contributed by atoms with E-state index in [1.165, 1.54) is 7.11 Å². The molecule has 0 heterocycles. The van der Waals surface area contributed by atoms with Gasteiger partial charge in [0.25, 0.3) is 0 Å². The van der Waals surface area contributed by atoms with Crippen molar-refractivity contribution in [3.8, 4) is 0 Å². The molecule has 20 heavy (non-hydrogen) atoms. The van der Waals surface area contributed by atoms with Gasteiger partial charge in [0.2, 0.25) is 0 Å². The van der Waals surface area contributed by atoms with Gasteiger partial charge in [-0.05, 0) is 24.7 Å². The van der Waals surface area contributed by atoms with Crippen LogP contribution in [-0.2, 0) is 19.1 Å². The van der Waals surface area contributed by atoms with E-state index >= 15 is 0 Å². The molecule has 0 aliphatic heterocycles. The number of Topliss-reactive ketones (excluding diaryl/α,β-unsaturated/α-hetero) is 2. The second kappa shape index (κ2) is 5.66. The SMILES string of the molecule is COC(=O)[C@]12C(=O)[C@H](C)CCCC[C@H]1CC(=O)C[C@@H]2C. The van der Waals surface area contributed by atoms with Crippen LogP contribution in [0.1, 0.15) is 52.4 Å². The molecule has 4 heteroatoms. The van der Waals surface area contributed by atoms with Crippen LogP contribution >= 0.6 is 0 Å². The smallest absolute Gasteiger partial charge is 0.319 e. The molecule has 112 valence electrons. The van der Waals surface area contributed by atoms with Crippen molar-refractivity contribution in [3.63, 3.8) is 0 Å². The average Bonchev–Trinajstić information content (AvgIpc) is 2.40. The Balaban J connectivity index is 2.52. The number of hydrogen-bond acceptors (Lipinski definition) is 4. The van der Waals surface area contributed by atoms with Gasteiger partial charge in [-0.25, -0.2) is 0 Å². The summed E-state index contributed by atoms with van der Waals surface area (Å²) >= 11 is 0. The largest absolute Gasteiger partial charge is 0.468 e. The fraction of sp³-hybridized carbons (Fsp3) is 0.812. The molecule has 2 aliphatic rings. The molecule has 2 rings (SSSR count). The number of fused-ring (bicyclic) bond motifs is 1. The Labute approximate surface area is 120 Å². The number of methoxy groups -OCH3 is 1. The van der Waals surface area contributed by atoms with E-state index in [1.54, 1.807) is 0 Å². The summed E-state index contributed by atoms with van der Waals surface area (Å²) in [7, 11) is 1.34. The summed E-state index contributed by atoms with van der Waals surface area (Å²) in [4.78, 5) is 37.4. The molecular formula is C16H24O4. The van der Waals surface area contributed by atoms with Crippen LogP contribution in [0.4, 0.5) is 0 Å². The van der Waals surface area contributed by atoms with E-state index in [1.807, 2.05) is 13.8 Å². The first-order chi connectivity index (χ1) is 9.44. The summed E-state index contributed by atoms with van der Waals surface area (Å²) < 4.78 is 5.00. The highest BCUT2D eigenvalue weighted by atomic mass is 16.5. The first kappa shape index (κ1) is 15.2. The molecular weight excluding hydrogens is 256 g/mol. The zero-order valence-corrected chi connectivity index (χ0v) is 12.6. The first-order valence-electron chi connectivity index (χ1n) is 7.59. The van der Waals surface area contributed by atoms with Crippen LogP contribution in [0.5, 0.6) is 0 Å². The fourth-order valence-corrected chi connectivity index (χ4v) is 4.22.